The molecule has 0 aliphatic heterocycles. The molecule has 1 atom stereocenters. The van der Waals surface area contributed by atoms with Crippen LogP contribution in [0.4, 0.5) is 0 Å². The molecule has 3 aromatic rings. The standard InChI is InChI=1S/C24H26N2O2/c1-28-19-10-12-23-21(14-19)20-13-18(25-24(27)17-7-8-17)9-11-22(20)26(23)15-16-5-3-2-4-6-16/h2-6,10,12,14,17-18H,7-9,11,13,15H2,1H3,(H,25,27). The molecule has 1 fully saturated rings. The summed E-state index contributed by atoms with van der Waals surface area (Å²) < 4.78 is 7.95. The summed E-state index contributed by atoms with van der Waals surface area (Å²) in [5, 5.41) is 4.55. The monoisotopic (exact) mass is 374 g/mol. The Morgan fingerprint density at radius 1 is 1.14 bits per heavy atom. The zero-order valence-electron chi connectivity index (χ0n) is 16.3. The summed E-state index contributed by atoms with van der Waals surface area (Å²) in [4.78, 5) is 12.3. The molecule has 144 valence electrons. The smallest absolute Gasteiger partial charge is 0.223 e. The molecule has 1 heterocycles. The largest absolute Gasteiger partial charge is 0.497 e. The maximum Gasteiger partial charge on any atom is 0.223 e. The topological polar surface area (TPSA) is 43.3 Å². The van der Waals surface area contributed by atoms with Gasteiger partial charge < -0.3 is 14.6 Å². The predicted molar refractivity (Wildman–Crippen MR) is 111 cm³/mol. The molecule has 1 saturated carbocycles. The molecule has 1 aromatic heterocycles. The summed E-state index contributed by atoms with van der Waals surface area (Å²) in [5.41, 5.74) is 5.34. The first-order valence-corrected chi connectivity index (χ1v) is 10.2. The highest BCUT2D eigenvalue weighted by Crippen LogP contribution is 2.36. The minimum atomic E-state index is 0.238. The average Bonchev–Trinajstić information content (AvgIpc) is 3.54. The van der Waals surface area contributed by atoms with Crippen LogP contribution in [0.3, 0.4) is 0 Å². The van der Waals surface area contributed by atoms with Crippen LogP contribution in [0, 0.1) is 5.92 Å². The number of fused-ring (bicyclic) bond motifs is 3. The van der Waals surface area contributed by atoms with Crippen LogP contribution in [-0.2, 0) is 24.2 Å². The molecule has 4 heteroatoms. The number of ether oxygens (including phenoxy) is 1. The van der Waals surface area contributed by atoms with Gasteiger partial charge >= 0.3 is 0 Å². The van der Waals surface area contributed by atoms with Gasteiger partial charge in [-0.25, -0.2) is 0 Å². The van der Waals surface area contributed by atoms with Crippen molar-refractivity contribution in [2.75, 3.05) is 7.11 Å². The fraction of sp³-hybridized carbons (Fsp3) is 0.375. The Labute approximate surface area is 165 Å². The van der Waals surface area contributed by atoms with Crippen molar-refractivity contribution in [3.8, 4) is 5.75 Å². The van der Waals surface area contributed by atoms with Crippen LogP contribution < -0.4 is 10.1 Å². The lowest BCUT2D eigenvalue weighted by molar-refractivity contribution is -0.123. The van der Waals surface area contributed by atoms with Crippen molar-refractivity contribution in [2.24, 2.45) is 5.92 Å². The molecule has 0 bridgehead atoms. The molecule has 2 aromatic carbocycles. The van der Waals surface area contributed by atoms with E-state index in [9.17, 15) is 4.79 Å². The number of amides is 1. The molecule has 2 aliphatic carbocycles. The van der Waals surface area contributed by atoms with Gasteiger partial charge in [0.15, 0.2) is 0 Å². The molecular formula is C24H26N2O2. The number of nitrogens with zero attached hydrogens (tertiary/aromatic N) is 1. The molecule has 0 spiro atoms. The van der Waals surface area contributed by atoms with Crippen LogP contribution in [0.1, 0.15) is 36.1 Å². The summed E-state index contributed by atoms with van der Waals surface area (Å²) in [7, 11) is 1.72. The minimum absolute atomic E-state index is 0.238. The first kappa shape index (κ1) is 17.4. The van der Waals surface area contributed by atoms with Crippen molar-refractivity contribution in [3.05, 3.63) is 65.4 Å². The Morgan fingerprint density at radius 3 is 2.71 bits per heavy atom. The summed E-state index contributed by atoms with van der Waals surface area (Å²) >= 11 is 0. The van der Waals surface area contributed by atoms with E-state index in [1.54, 1.807) is 7.11 Å². The van der Waals surface area contributed by atoms with Crippen molar-refractivity contribution >= 4 is 16.8 Å². The number of methoxy groups -OCH3 is 1. The number of nitrogens with one attached hydrogen (secondary N) is 1. The Morgan fingerprint density at radius 2 is 1.96 bits per heavy atom. The Bertz CT molecular complexity index is 1020. The van der Waals surface area contributed by atoms with Crippen LogP contribution in [0.15, 0.2) is 48.5 Å². The van der Waals surface area contributed by atoms with Crippen LogP contribution in [0.5, 0.6) is 5.75 Å². The molecule has 1 unspecified atom stereocenters. The van der Waals surface area contributed by atoms with Crippen molar-refractivity contribution in [1.29, 1.82) is 0 Å². The first-order chi connectivity index (χ1) is 13.7. The molecule has 1 amide bonds. The lowest BCUT2D eigenvalue weighted by Crippen LogP contribution is -2.39. The second-order valence-electron chi connectivity index (χ2n) is 8.10. The van der Waals surface area contributed by atoms with Crippen molar-refractivity contribution in [2.45, 2.75) is 44.7 Å². The molecule has 0 saturated heterocycles. The molecule has 2 aliphatic rings. The number of aromatic nitrogens is 1. The van der Waals surface area contributed by atoms with Gasteiger partial charge in [-0.2, -0.15) is 0 Å². The quantitative estimate of drug-likeness (QED) is 0.731. The molecule has 1 N–H and O–H groups in total. The second kappa shape index (κ2) is 7.01. The van der Waals surface area contributed by atoms with E-state index < -0.39 is 0 Å². The van der Waals surface area contributed by atoms with E-state index in [1.165, 1.54) is 27.7 Å². The number of carbonyl (C=O) groups is 1. The zero-order valence-corrected chi connectivity index (χ0v) is 16.3. The Kier molecular flexibility index (Phi) is 4.34. The highest BCUT2D eigenvalue weighted by atomic mass is 16.5. The normalized spacial score (nSPS) is 18.7. The van der Waals surface area contributed by atoms with E-state index in [-0.39, 0.29) is 17.9 Å². The van der Waals surface area contributed by atoms with E-state index >= 15 is 0 Å². The highest BCUT2D eigenvalue weighted by molar-refractivity contribution is 5.88. The summed E-state index contributed by atoms with van der Waals surface area (Å²) in [5.74, 6) is 1.40. The number of hydrogen-bond acceptors (Lipinski definition) is 2. The third-order valence-corrected chi connectivity index (χ3v) is 6.15. The van der Waals surface area contributed by atoms with Gasteiger partial charge in [-0.15, -0.1) is 0 Å². The maximum atomic E-state index is 12.3. The van der Waals surface area contributed by atoms with Crippen LogP contribution >= 0.6 is 0 Å². The highest BCUT2D eigenvalue weighted by Gasteiger charge is 2.33. The molecule has 5 rings (SSSR count). The Hall–Kier alpha value is -2.75. The summed E-state index contributed by atoms with van der Waals surface area (Å²) in [6.45, 7) is 0.873. The summed E-state index contributed by atoms with van der Waals surface area (Å²) in [6, 6.07) is 17.2. The SMILES string of the molecule is COc1ccc2c(c1)c1c(n2Cc2ccccc2)CCC(NC(=O)C2CC2)C1. The van der Waals surface area contributed by atoms with Crippen molar-refractivity contribution in [3.63, 3.8) is 0 Å². The number of hydrogen-bond donors (Lipinski definition) is 1. The lowest BCUT2D eigenvalue weighted by Gasteiger charge is -2.25. The molecule has 28 heavy (non-hydrogen) atoms. The number of carbonyl (C=O) groups excluding carboxylic acids is 1. The van der Waals surface area contributed by atoms with Crippen molar-refractivity contribution in [1.82, 2.24) is 9.88 Å². The van der Waals surface area contributed by atoms with Gasteiger partial charge in [-0.05, 0) is 61.4 Å². The fourth-order valence-electron chi connectivity index (χ4n) is 4.49. The van der Waals surface area contributed by atoms with E-state index in [2.05, 4.69) is 52.3 Å². The molecule has 4 nitrogen and oxygen atoms in total. The molecule has 0 radical (unpaired) electrons. The molecular weight excluding hydrogens is 348 g/mol. The fourth-order valence-corrected chi connectivity index (χ4v) is 4.49. The van der Waals surface area contributed by atoms with Gasteiger partial charge in [0, 0.05) is 35.1 Å². The van der Waals surface area contributed by atoms with E-state index in [1.807, 2.05) is 6.07 Å². The lowest BCUT2D eigenvalue weighted by atomic mass is 9.91. The third kappa shape index (κ3) is 3.17. The summed E-state index contributed by atoms with van der Waals surface area (Å²) in [6.07, 6.45) is 5.01. The van der Waals surface area contributed by atoms with Gasteiger partial charge in [-0.3, -0.25) is 4.79 Å². The van der Waals surface area contributed by atoms with Gasteiger partial charge in [0.1, 0.15) is 5.75 Å². The zero-order chi connectivity index (χ0) is 19.1. The van der Waals surface area contributed by atoms with Gasteiger partial charge in [0.05, 0.1) is 7.11 Å². The number of benzene rings is 2. The predicted octanol–water partition coefficient (Wildman–Crippen LogP) is 4.08. The third-order valence-electron chi connectivity index (χ3n) is 6.15. The number of rotatable bonds is 5. The Balaban J connectivity index is 1.53. The van der Waals surface area contributed by atoms with Gasteiger partial charge in [0.2, 0.25) is 5.91 Å². The minimum Gasteiger partial charge on any atom is -0.497 e. The van der Waals surface area contributed by atoms with E-state index in [0.717, 1.165) is 44.4 Å². The van der Waals surface area contributed by atoms with Gasteiger partial charge in [0.25, 0.3) is 0 Å². The van der Waals surface area contributed by atoms with Crippen LogP contribution in [0.2, 0.25) is 0 Å². The van der Waals surface area contributed by atoms with Gasteiger partial charge in [-0.1, -0.05) is 30.3 Å². The van der Waals surface area contributed by atoms with E-state index in [0.29, 0.717) is 0 Å². The average molecular weight is 374 g/mol. The first-order valence-electron chi connectivity index (χ1n) is 10.2. The second-order valence-corrected chi connectivity index (χ2v) is 8.10. The maximum absolute atomic E-state index is 12.3. The van der Waals surface area contributed by atoms with E-state index in [4.69, 9.17) is 4.74 Å². The van der Waals surface area contributed by atoms with Crippen LogP contribution in [0.25, 0.3) is 10.9 Å². The van der Waals surface area contributed by atoms with Crippen molar-refractivity contribution < 1.29 is 9.53 Å². The van der Waals surface area contributed by atoms with Crippen LogP contribution in [-0.4, -0.2) is 23.6 Å².